The molecule has 2 amide bonds. The summed E-state index contributed by atoms with van der Waals surface area (Å²) < 4.78 is 41.4. The number of nitrogens with one attached hydrogen (secondary N) is 1. The first kappa shape index (κ1) is 33.4. The molecule has 1 aliphatic heterocycles. The van der Waals surface area contributed by atoms with Crippen LogP contribution in [0.25, 0.3) is 22.0 Å². The summed E-state index contributed by atoms with van der Waals surface area (Å²) in [5.74, 6) is -1.88. The number of hydrogen-bond acceptors (Lipinski definition) is 8. The molecule has 14 heteroatoms. The number of amides is 2. The van der Waals surface area contributed by atoms with Gasteiger partial charge in [-0.1, -0.05) is 19.6 Å². The Bertz CT molecular complexity index is 1900. The Morgan fingerprint density at radius 1 is 1.11 bits per heavy atom. The number of alkyl halides is 3. The molecule has 4 heterocycles. The highest BCUT2D eigenvalue weighted by Gasteiger charge is 2.40. The topological polar surface area (TPSA) is 143 Å². The largest absolute Gasteiger partial charge is 0.433 e. The number of piperidine rings is 1. The number of aromatic nitrogens is 5. The van der Waals surface area contributed by atoms with Gasteiger partial charge in [0.05, 0.1) is 5.52 Å². The van der Waals surface area contributed by atoms with Crippen LogP contribution in [0.1, 0.15) is 72.9 Å². The number of rotatable bonds is 7. The molecule has 3 aromatic heterocycles. The van der Waals surface area contributed by atoms with Gasteiger partial charge in [0.15, 0.2) is 11.6 Å². The van der Waals surface area contributed by atoms with Crippen LogP contribution in [0.4, 0.5) is 19.0 Å². The maximum atomic E-state index is 14.0. The van der Waals surface area contributed by atoms with Gasteiger partial charge in [0, 0.05) is 36.0 Å². The Morgan fingerprint density at radius 3 is 2.40 bits per heavy atom. The van der Waals surface area contributed by atoms with Crippen molar-refractivity contribution in [2.45, 2.75) is 72.3 Å². The molecule has 0 spiro atoms. The third-order valence-electron chi connectivity index (χ3n) is 8.24. The molecular weight excluding hydrogens is 615 g/mol. The number of nitrogens with zero attached hydrogens (tertiary/aromatic N) is 6. The van der Waals surface area contributed by atoms with Crippen LogP contribution in [-0.2, 0) is 22.3 Å². The van der Waals surface area contributed by atoms with Crippen LogP contribution < -0.4 is 5.32 Å². The number of hydrogen-bond donors (Lipinski definition) is 2. The average molecular weight is 650 g/mol. The van der Waals surface area contributed by atoms with Crippen LogP contribution in [0.3, 0.4) is 0 Å². The fourth-order valence-corrected chi connectivity index (χ4v) is 5.81. The summed E-state index contributed by atoms with van der Waals surface area (Å²) in [7, 11) is 0. The van der Waals surface area contributed by atoms with Crippen molar-refractivity contribution in [3.8, 4) is 11.1 Å². The summed E-state index contributed by atoms with van der Waals surface area (Å²) in [4.78, 5) is 53.6. The second kappa shape index (κ2) is 12.7. The van der Waals surface area contributed by atoms with E-state index in [0.29, 0.717) is 51.7 Å². The zero-order valence-electron chi connectivity index (χ0n) is 26.5. The molecule has 1 aliphatic rings. The van der Waals surface area contributed by atoms with Gasteiger partial charge >= 0.3 is 6.18 Å². The molecule has 2 unspecified atom stereocenters. The number of fused-ring (bicyclic) bond motifs is 1. The Hall–Kier alpha value is -4.98. The summed E-state index contributed by atoms with van der Waals surface area (Å²) in [5, 5.41) is 17.3. The van der Waals surface area contributed by atoms with Crippen LogP contribution in [0.2, 0.25) is 0 Å². The summed E-state index contributed by atoms with van der Waals surface area (Å²) in [6.07, 6.45) is -1.45. The molecule has 2 N–H and O–H groups in total. The van der Waals surface area contributed by atoms with E-state index in [9.17, 15) is 32.7 Å². The van der Waals surface area contributed by atoms with Crippen molar-refractivity contribution in [3.05, 3.63) is 77.3 Å². The van der Waals surface area contributed by atoms with Crippen molar-refractivity contribution in [1.82, 2.24) is 29.6 Å². The summed E-state index contributed by atoms with van der Waals surface area (Å²) >= 11 is 0. The number of carbonyl (C=O) groups is 3. The molecule has 47 heavy (non-hydrogen) atoms. The highest BCUT2D eigenvalue weighted by Crippen LogP contribution is 2.34. The number of pyridine rings is 1. The van der Waals surface area contributed by atoms with Crippen LogP contribution in [-0.4, -0.2) is 58.4 Å². The number of Topliss-reactive ketones (excluding diaryl/α,β-unsaturated/α-hetero) is 1. The molecular formula is C33H34F3N7O4. The Morgan fingerprint density at radius 2 is 1.79 bits per heavy atom. The number of aliphatic hydroxyl groups excluding tert-OH is 1. The Balaban J connectivity index is 1.48. The monoisotopic (exact) mass is 649 g/mol. The van der Waals surface area contributed by atoms with E-state index in [2.05, 4.69) is 31.9 Å². The van der Waals surface area contributed by atoms with Gasteiger partial charge in [0.1, 0.15) is 35.9 Å². The molecule has 0 radical (unpaired) electrons. The Kier molecular flexibility index (Phi) is 9.00. The minimum absolute atomic E-state index is 0.144. The third kappa shape index (κ3) is 6.64. The Labute approximate surface area is 268 Å². The van der Waals surface area contributed by atoms with Gasteiger partial charge < -0.3 is 15.3 Å². The molecule has 0 bridgehead atoms. The zero-order chi connectivity index (χ0) is 34.4. The van der Waals surface area contributed by atoms with E-state index < -0.39 is 35.8 Å². The first-order valence-electron chi connectivity index (χ1n) is 14.9. The standard InChI is InChI=1S/C33H34F3N7O4/c1-16-7-9-19(4)43(29(16)32(47)40-30-17(2)8-10-25(39-30)33(34,35)36)26(46)15-42-28-18(3)11-22(12-24(28)27(41-42)20(5)44)23-13-37-31(21(6)45)38-14-23/h8,10-14,16,21,29,45H,4,7,9,15H2,1-3,5-6H3,(H,39,40,47)/t16?,21?,29-/m0/s1. The number of benzene rings is 1. The van der Waals surface area contributed by atoms with Gasteiger partial charge in [0.2, 0.25) is 11.8 Å². The average Bonchev–Trinajstić information content (AvgIpc) is 3.37. The molecule has 1 aromatic carbocycles. The number of aryl methyl sites for hydroxylation is 2. The number of likely N-dealkylation sites (tertiary alicyclic amines) is 1. The van der Waals surface area contributed by atoms with Gasteiger partial charge in [-0.2, -0.15) is 18.3 Å². The predicted octanol–water partition coefficient (Wildman–Crippen LogP) is 5.56. The zero-order valence-corrected chi connectivity index (χ0v) is 26.5. The maximum absolute atomic E-state index is 14.0. The number of allylic oxidation sites excluding steroid dienone is 1. The predicted molar refractivity (Wildman–Crippen MR) is 167 cm³/mol. The second-order valence-corrected chi connectivity index (χ2v) is 11.9. The van der Waals surface area contributed by atoms with E-state index in [1.165, 1.54) is 29.5 Å². The van der Waals surface area contributed by atoms with Gasteiger partial charge in [-0.15, -0.1) is 0 Å². The first-order valence-corrected chi connectivity index (χ1v) is 14.9. The molecule has 1 saturated heterocycles. The molecule has 0 saturated carbocycles. The molecule has 246 valence electrons. The van der Waals surface area contributed by atoms with Crippen LogP contribution in [0, 0.1) is 19.8 Å². The van der Waals surface area contributed by atoms with Crippen molar-refractivity contribution in [2.24, 2.45) is 5.92 Å². The minimum Gasteiger partial charge on any atom is -0.385 e. The highest BCUT2D eigenvalue weighted by molar-refractivity contribution is 6.07. The van der Waals surface area contributed by atoms with Gasteiger partial charge in [0.25, 0.3) is 0 Å². The van der Waals surface area contributed by atoms with E-state index >= 15 is 0 Å². The number of ketones is 1. The minimum atomic E-state index is -4.71. The second-order valence-electron chi connectivity index (χ2n) is 11.9. The van der Waals surface area contributed by atoms with Gasteiger partial charge in [-0.3, -0.25) is 19.1 Å². The lowest BCUT2D eigenvalue weighted by molar-refractivity contribution is -0.141. The number of anilines is 1. The lowest BCUT2D eigenvalue weighted by atomic mass is 9.88. The van der Waals surface area contributed by atoms with Crippen molar-refractivity contribution >= 4 is 34.3 Å². The van der Waals surface area contributed by atoms with Crippen molar-refractivity contribution in [3.63, 3.8) is 0 Å². The van der Waals surface area contributed by atoms with Crippen LogP contribution >= 0.6 is 0 Å². The van der Waals surface area contributed by atoms with E-state index in [0.717, 1.165) is 6.07 Å². The van der Waals surface area contributed by atoms with Crippen molar-refractivity contribution in [2.75, 3.05) is 5.32 Å². The lowest BCUT2D eigenvalue weighted by Crippen LogP contribution is -2.53. The third-order valence-corrected chi connectivity index (χ3v) is 8.24. The maximum Gasteiger partial charge on any atom is 0.433 e. The van der Waals surface area contributed by atoms with Gasteiger partial charge in [-0.05, 0) is 74.4 Å². The number of carbonyl (C=O) groups excluding carboxylic acids is 3. The van der Waals surface area contributed by atoms with Crippen LogP contribution in [0.5, 0.6) is 0 Å². The quantitative estimate of drug-likeness (QED) is 0.248. The summed E-state index contributed by atoms with van der Waals surface area (Å²) in [6, 6.07) is 4.58. The SMILES string of the molecule is C=C1CCC(C)[C@@H](C(=O)Nc2nc(C(F)(F)F)ccc2C)N1C(=O)Cn1nc(C(C)=O)c2cc(-c3cnc(C(C)O)nc3)cc(C)c21. The lowest BCUT2D eigenvalue weighted by Gasteiger charge is -2.40. The fraction of sp³-hybridized carbons (Fsp3) is 0.364. The molecule has 11 nitrogen and oxygen atoms in total. The smallest absolute Gasteiger partial charge is 0.385 e. The molecule has 4 aromatic rings. The molecule has 0 aliphatic carbocycles. The van der Waals surface area contributed by atoms with E-state index in [-0.39, 0.29) is 35.6 Å². The van der Waals surface area contributed by atoms with Crippen molar-refractivity contribution < 1.29 is 32.7 Å². The fourth-order valence-electron chi connectivity index (χ4n) is 5.81. The first-order chi connectivity index (χ1) is 22.1. The van der Waals surface area contributed by atoms with E-state index in [1.54, 1.807) is 32.3 Å². The van der Waals surface area contributed by atoms with E-state index in [4.69, 9.17) is 0 Å². The summed E-state index contributed by atoms with van der Waals surface area (Å²) in [5.41, 5.74) is 2.29. The van der Waals surface area contributed by atoms with Crippen LogP contribution in [0.15, 0.2) is 48.9 Å². The molecule has 1 fully saturated rings. The highest BCUT2D eigenvalue weighted by atomic mass is 19.4. The normalized spacial score (nSPS) is 17.6. The van der Waals surface area contributed by atoms with E-state index in [1.807, 2.05) is 13.0 Å². The molecule has 5 rings (SSSR count). The summed E-state index contributed by atoms with van der Waals surface area (Å²) in [6.45, 7) is 11.7. The molecule has 3 atom stereocenters. The number of aliphatic hydroxyl groups is 1. The van der Waals surface area contributed by atoms with Gasteiger partial charge in [-0.25, -0.2) is 15.0 Å². The number of halogens is 3. The van der Waals surface area contributed by atoms with Crippen molar-refractivity contribution in [1.29, 1.82) is 0 Å².